The average Bonchev–Trinajstić information content (AvgIpc) is 3.20. The molecule has 244 valence electrons. The fourth-order valence-corrected chi connectivity index (χ4v) is 5.18. The Hall–Kier alpha value is -5.31. The van der Waals surface area contributed by atoms with Crippen molar-refractivity contribution in [3.8, 4) is 56.4 Å². The van der Waals surface area contributed by atoms with Gasteiger partial charge < -0.3 is 0 Å². The Morgan fingerprint density at radius 3 is 0.920 bits per heavy atom. The van der Waals surface area contributed by atoms with Crippen molar-refractivity contribution in [2.45, 2.75) is 0 Å². The average molecular weight is 848 g/mol. The van der Waals surface area contributed by atoms with Gasteiger partial charge in [-0.15, -0.1) is 0 Å². The van der Waals surface area contributed by atoms with Gasteiger partial charge in [-0.2, -0.15) is 0 Å². The van der Waals surface area contributed by atoms with E-state index in [4.69, 9.17) is 0 Å². The van der Waals surface area contributed by atoms with Crippen LogP contribution in [0, 0.1) is 3.57 Å². The Morgan fingerprint density at radius 2 is 0.580 bits per heavy atom. The number of pyridine rings is 6. The zero-order valence-corrected chi connectivity index (χ0v) is 30.7. The predicted molar refractivity (Wildman–Crippen MR) is 206 cm³/mol. The van der Waals surface area contributed by atoms with E-state index in [0.717, 1.165) is 39.7 Å². The number of hydrogen-bond acceptors (Lipinski definition) is 6. The van der Waals surface area contributed by atoms with Gasteiger partial charge in [0.15, 0.2) is 0 Å². The van der Waals surface area contributed by atoms with Gasteiger partial charge in [0.25, 0.3) is 0 Å². The summed E-state index contributed by atoms with van der Waals surface area (Å²) < 4.78 is 1.25. The standard InChI is InChI=1S/C22H15IN2.2C10H8N2.Ru/c23-20-10-8-17(9-11-20)16-4-6-18(7-5-16)19-12-14-25-22(15-19)21-3-1-2-13-24-21;2*1-3-7-11-9(5-1)10-6-2-4-8-12-10;/h1-15H;2*1-8H;. The second kappa shape index (κ2) is 19.0. The molecule has 8 rings (SSSR count). The molecule has 6 nitrogen and oxygen atoms in total. The zero-order valence-electron chi connectivity index (χ0n) is 26.8. The maximum atomic E-state index is 4.45. The van der Waals surface area contributed by atoms with Crippen LogP contribution in [0.5, 0.6) is 0 Å². The summed E-state index contributed by atoms with van der Waals surface area (Å²) in [6, 6.07) is 50.4. The largest absolute Gasteiger partial charge is 0.255 e. The SMILES string of the molecule is Ic1ccc(-c2ccc(-c3ccnc(-c4ccccn4)c3)cc2)cc1.[Ru].c1ccc(-c2ccccn2)nc1.c1ccc(-c2ccccn2)nc1. The molecule has 0 atom stereocenters. The molecule has 0 fully saturated rings. The van der Waals surface area contributed by atoms with E-state index in [1.807, 2.05) is 103 Å². The van der Waals surface area contributed by atoms with E-state index in [9.17, 15) is 0 Å². The van der Waals surface area contributed by atoms with Crippen molar-refractivity contribution in [1.29, 1.82) is 0 Å². The van der Waals surface area contributed by atoms with E-state index in [2.05, 4.69) is 107 Å². The van der Waals surface area contributed by atoms with Crippen LogP contribution < -0.4 is 0 Å². The molecular formula is C42H31IN6Ru. The molecule has 0 spiro atoms. The fraction of sp³-hybridized carbons (Fsp3) is 0. The van der Waals surface area contributed by atoms with Crippen LogP contribution in [0.4, 0.5) is 0 Å². The van der Waals surface area contributed by atoms with Gasteiger partial charge in [-0.1, -0.05) is 66.7 Å². The number of rotatable bonds is 5. The van der Waals surface area contributed by atoms with E-state index < -0.39 is 0 Å². The first-order valence-electron chi connectivity index (χ1n) is 15.6. The molecule has 0 saturated carbocycles. The number of aromatic nitrogens is 6. The summed E-state index contributed by atoms with van der Waals surface area (Å²) in [6.07, 6.45) is 10.7. The zero-order chi connectivity index (χ0) is 33.5. The Bertz CT molecular complexity index is 1990. The topological polar surface area (TPSA) is 77.3 Å². The molecule has 8 heteroatoms. The first-order chi connectivity index (χ1) is 24.2. The molecule has 0 aliphatic rings. The maximum absolute atomic E-state index is 4.45. The summed E-state index contributed by atoms with van der Waals surface area (Å²) in [6.45, 7) is 0. The van der Waals surface area contributed by atoms with Crippen molar-refractivity contribution in [3.63, 3.8) is 0 Å². The van der Waals surface area contributed by atoms with Crippen LogP contribution >= 0.6 is 22.6 Å². The van der Waals surface area contributed by atoms with Crippen LogP contribution in [0.25, 0.3) is 56.4 Å². The summed E-state index contributed by atoms with van der Waals surface area (Å²) in [5.41, 5.74) is 10.2. The molecule has 0 aliphatic heterocycles. The Labute approximate surface area is 318 Å². The van der Waals surface area contributed by atoms with Crippen LogP contribution in [0.1, 0.15) is 0 Å². The minimum absolute atomic E-state index is 0. The molecule has 6 heterocycles. The van der Waals surface area contributed by atoms with Crippen molar-refractivity contribution in [1.82, 2.24) is 29.9 Å². The third-order valence-electron chi connectivity index (χ3n) is 7.27. The first kappa shape index (κ1) is 36.0. The molecule has 0 bridgehead atoms. The Morgan fingerprint density at radius 1 is 0.280 bits per heavy atom. The molecule has 6 aromatic heterocycles. The molecule has 2 aromatic carbocycles. The van der Waals surface area contributed by atoms with Gasteiger partial charge in [0.2, 0.25) is 0 Å². The van der Waals surface area contributed by atoms with Crippen molar-refractivity contribution in [2.75, 3.05) is 0 Å². The molecule has 0 aliphatic carbocycles. The van der Waals surface area contributed by atoms with Crippen molar-refractivity contribution in [3.05, 3.63) is 192 Å². The summed E-state index contributed by atoms with van der Waals surface area (Å²) >= 11 is 2.33. The van der Waals surface area contributed by atoms with E-state index >= 15 is 0 Å². The number of halogens is 1. The normalized spacial score (nSPS) is 9.94. The summed E-state index contributed by atoms with van der Waals surface area (Å²) in [4.78, 5) is 25.6. The van der Waals surface area contributed by atoms with Crippen LogP contribution in [0.15, 0.2) is 189 Å². The molecule has 0 saturated heterocycles. The Balaban J connectivity index is 0.000000162. The number of hydrogen-bond donors (Lipinski definition) is 0. The smallest absolute Gasteiger partial charge is 0.0892 e. The van der Waals surface area contributed by atoms with Gasteiger partial charge in [-0.25, -0.2) is 0 Å². The van der Waals surface area contributed by atoms with E-state index in [1.165, 1.54) is 20.3 Å². The minimum Gasteiger partial charge on any atom is -0.255 e. The third kappa shape index (κ3) is 10.3. The molecule has 0 unspecified atom stereocenters. The fourth-order valence-electron chi connectivity index (χ4n) is 4.82. The second-order valence-electron chi connectivity index (χ2n) is 10.6. The monoisotopic (exact) mass is 848 g/mol. The van der Waals surface area contributed by atoms with Gasteiger partial charge in [0.1, 0.15) is 0 Å². The maximum Gasteiger partial charge on any atom is 0.0892 e. The van der Waals surface area contributed by atoms with Crippen molar-refractivity contribution in [2.24, 2.45) is 0 Å². The van der Waals surface area contributed by atoms with Crippen LogP contribution in [-0.4, -0.2) is 29.9 Å². The van der Waals surface area contributed by atoms with Crippen molar-refractivity contribution < 1.29 is 19.5 Å². The van der Waals surface area contributed by atoms with E-state index in [0.29, 0.717) is 0 Å². The van der Waals surface area contributed by atoms with Crippen LogP contribution in [0.2, 0.25) is 0 Å². The third-order valence-corrected chi connectivity index (χ3v) is 7.99. The van der Waals surface area contributed by atoms with E-state index in [-0.39, 0.29) is 19.5 Å². The first-order valence-corrected chi connectivity index (χ1v) is 16.7. The molecule has 8 aromatic rings. The molecule has 50 heavy (non-hydrogen) atoms. The van der Waals surface area contributed by atoms with Gasteiger partial charge in [0.05, 0.1) is 34.2 Å². The summed E-state index contributed by atoms with van der Waals surface area (Å²) in [7, 11) is 0. The van der Waals surface area contributed by atoms with Gasteiger partial charge >= 0.3 is 0 Å². The van der Waals surface area contributed by atoms with Crippen LogP contribution in [-0.2, 0) is 19.5 Å². The minimum atomic E-state index is 0. The second-order valence-corrected chi connectivity index (χ2v) is 11.8. The Kier molecular flexibility index (Phi) is 13.7. The molecule has 0 amide bonds. The summed E-state index contributed by atoms with van der Waals surface area (Å²) in [5.74, 6) is 0. The van der Waals surface area contributed by atoms with E-state index in [1.54, 1.807) is 31.0 Å². The van der Waals surface area contributed by atoms with Gasteiger partial charge in [-0.05, 0) is 130 Å². The quantitative estimate of drug-likeness (QED) is 0.127. The molecule has 0 radical (unpaired) electrons. The summed E-state index contributed by atoms with van der Waals surface area (Å²) in [5, 5.41) is 0. The number of nitrogens with zero attached hydrogens (tertiary/aromatic N) is 6. The van der Waals surface area contributed by atoms with Crippen LogP contribution in [0.3, 0.4) is 0 Å². The molecular weight excluding hydrogens is 816 g/mol. The number of benzene rings is 2. The molecule has 0 N–H and O–H groups in total. The predicted octanol–water partition coefficient (Wildman–Crippen LogP) is 10.4. The van der Waals surface area contributed by atoms with Gasteiger partial charge in [0, 0.05) is 60.2 Å². The van der Waals surface area contributed by atoms with Gasteiger partial charge in [-0.3, -0.25) is 29.9 Å². The van der Waals surface area contributed by atoms with Crippen molar-refractivity contribution >= 4 is 22.6 Å².